The van der Waals surface area contributed by atoms with Crippen LogP contribution in [0.15, 0.2) is 84.1 Å². The molecule has 0 aliphatic carbocycles. The molecule has 2 N–H and O–H groups in total. The van der Waals surface area contributed by atoms with Crippen molar-refractivity contribution in [3.05, 3.63) is 105 Å². The fourth-order valence-corrected chi connectivity index (χ4v) is 4.41. The van der Waals surface area contributed by atoms with Gasteiger partial charge in [-0.2, -0.15) is 4.98 Å². The molecule has 4 aromatic rings. The monoisotopic (exact) mass is 496 g/mol. The van der Waals surface area contributed by atoms with Gasteiger partial charge >= 0.3 is 0 Å². The lowest BCUT2D eigenvalue weighted by molar-refractivity contribution is -0.384. The van der Waals surface area contributed by atoms with E-state index >= 15 is 0 Å². The number of carbonyl (C=O) groups is 1. The number of amides is 1. The number of rotatable bonds is 6. The molecule has 0 saturated heterocycles. The van der Waals surface area contributed by atoms with Gasteiger partial charge in [-0.15, -0.1) is 5.10 Å². The Morgan fingerprint density at radius 1 is 1.08 bits per heavy atom. The Morgan fingerprint density at radius 2 is 1.86 bits per heavy atom. The number of allylic oxidation sites excluding steroid dienone is 1. The van der Waals surface area contributed by atoms with Crippen molar-refractivity contribution < 1.29 is 14.5 Å². The zero-order chi connectivity index (χ0) is 26.1. The Balaban J connectivity index is 1.61. The summed E-state index contributed by atoms with van der Waals surface area (Å²) in [6.07, 6.45) is 0. The van der Waals surface area contributed by atoms with Crippen molar-refractivity contribution in [1.29, 1.82) is 0 Å². The zero-order valence-electron chi connectivity index (χ0n) is 20.4. The molecule has 2 heterocycles. The van der Waals surface area contributed by atoms with E-state index in [1.807, 2.05) is 50.2 Å². The van der Waals surface area contributed by atoms with Gasteiger partial charge in [0, 0.05) is 23.4 Å². The number of nitrogens with zero attached hydrogens (tertiary/aromatic N) is 4. The summed E-state index contributed by atoms with van der Waals surface area (Å²) in [5, 5.41) is 22.1. The van der Waals surface area contributed by atoms with Gasteiger partial charge in [-0.3, -0.25) is 14.9 Å². The second-order valence-electron chi connectivity index (χ2n) is 8.65. The van der Waals surface area contributed by atoms with E-state index in [1.54, 1.807) is 36.1 Å². The lowest BCUT2D eigenvalue weighted by Gasteiger charge is -2.29. The summed E-state index contributed by atoms with van der Waals surface area (Å²) in [7, 11) is 1.55. The summed E-state index contributed by atoms with van der Waals surface area (Å²) in [5.74, 6) is 0.959. The molecule has 1 aromatic heterocycles. The molecule has 0 spiro atoms. The Kier molecular flexibility index (Phi) is 6.14. The molecule has 0 bridgehead atoms. The molecule has 186 valence electrons. The van der Waals surface area contributed by atoms with Crippen molar-refractivity contribution in [3.63, 3.8) is 0 Å². The first-order chi connectivity index (χ1) is 17.9. The number of ether oxygens (including phenoxy) is 1. The van der Waals surface area contributed by atoms with E-state index in [1.165, 1.54) is 12.1 Å². The van der Waals surface area contributed by atoms with Crippen LogP contribution in [0, 0.1) is 17.0 Å². The highest BCUT2D eigenvalue weighted by molar-refractivity contribution is 6.06. The van der Waals surface area contributed by atoms with E-state index in [4.69, 9.17) is 9.84 Å². The van der Waals surface area contributed by atoms with E-state index < -0.39 is 11.0 Å². The van der Waals surface area contributed by atoms with Gasteiger partial charge in [-0.05, 0) is 31.5 Å². The summed E-state index contributed by atoms with van der Waals surface area (Å²) in [6, 6.07) is 20.6. The minimum Gasteiger partial charge on any atom is -0.495 e. The van der Waals surface area contributed by atoms with Crippen LogP contribution >= 0.6 is 0 Å². The minimum absolute atomic E-state index is 0.0559. The number of para-hydroxylation sites is 2. The maximum atomic E-state index is 13.7. The molecule has 1 amide bonds. The molecule has 1 unspecified atom stereocenters. The number of hydrogen-bond donors (Lipinski definition) is 2. The van der Waals surface area contributed by atoms with Crippen LogP contribution in [0.25, 0.3) is 11.4 Å². The van der Waals surface area contributed by atoms with Crippen molar-refractivity contribution in [2.75, 3.05) is 17.7 Å². The number of benzene rings is 3. The smallest absolute Gasteiger partial charge is 0.270 e. The first kappa shape index (κ1) is 23.7. The third kappa shape index (κ3) is 4.52. The Hall–Kier alpha value is -4.99. The van der Waals surface area contributed by atoms with Gasteiger partial charge in [-0.25, -0.2) is 4.68 Å². The lowest BCUT2D eigenvalue weighted by Crippen LogP contribution is -2.31. The van der Waals surface area contributed by atoms with Crippen LogP contribution in [-0.2, 0) is 4.79 Å². The standard InChI is InChI=1S/C27H24N6O4/c1-16-8-6-9-18(14-16)24-23(26(34)29-21-12-4-5-13-22(21)37-3)17(2)28-27-30-25(31-32(24)27)19-10-7-11-20(15-19)33(35)36/h4-15,24H,1-3H3,(H,29,34)(H,28,30,31). The van der Waals surface area contributed by atoms with E-state index in [0.29, 0.717) is 40.0 Å². The Bertz CT molecular complexity index is 1560. The maximum Gasteiger partial charge on any atom is 0.270 e. The van der Waals surface area contributed by atoms with Crippen molar-refractivity contribution in [2.24, 2.45) is 0 Å². The maximum absolute atomic E-state index is 13.7. The van der Waals surface area contributed by atoms with Crippen LogP contribution in [0.2, 0.25) is 0 Å². The molecule has 0 saturated carbocycles. The second-order valence-corrected chi connectivity index (χ2v) is 8.65. The molecule has 1 aliphatic rings. The van der Waals surface area contributed by atoms with E-state index in [9.17, 15) is 14.9 Å². The fraction of sp³-hybridized carbons (Fsp3) is 0.148. The van der Waals surface area contributed by atoms with Crippen LogP contribution in [-0.4, -0.2) is 32.7 Å². The number of fused-ring (bicyclic) bond motifs is 1. The van der Waals surface area contributed by atoms with Crippen LogP contribution in [0.5, 0.6) is 5.75 Å². The molecule has 1 aliphatic heterocycles. The molecule has 37 heavy (non-hydrogen) atoms. The molecule has 0 fully saturated rings. The van der Waals surface area contributed by atoms with Gasteiger partial charge < -0.3 is 15.4 Å². The van der Waals surface area contributed by atoms with E-state index in [0.717, 1.165) is 11.1 Å². The molecular weight excluding hydrogens is 472 g/mol. The van der Waals surface area contributed by atoms with Crippen molar-refractivity contribution in [3.8, 4) is 17.1 Å². The number of non-ortho nitro benzene ring substituents is 1. The topological polar surface area (TPSA) is 124 Å². The molecule has 5 rings (SSSR count). The number of carbonyl (C=O) groups excluding carboxylic acids is 1. The summed E-state index contributed by atoms with van der Waals surface area (Å²) in [4.78, 5) is 29.2. The van der Waals surface area contributed by atoms with Gasteiger partial charge in [0.25, 0.3) is 11.6 Å². The Labute approximate surface area is 212 Å². The normalized spacial score (nSPS) is 14.5. The fourth-order valence-electron chi connectivity index (χ4n) is 4.41. The van der Waals surface area contributed by atoms with Crippen LogP contribution in [0.3, 0.4) is 0 Å². The predicted molar refractivity (Wildman–Crippen MR) is 139 cm³/mol. The SMILES string of the molecule is COc1ccccc1NC(=O)C1=C(C)Nc2nc(-c3cccc([N+](=O)[O-])c3)nn2C1c1cccc(C)c1. The number of methoxy groups -OCH3 is 1. The number of aryl methyl sites for hydroxylation is 1. The number of hydrogen-bond acceptors (Lipinski definition) is 7. The van der Waals surface area contributed by atoms with E-state index in [-0.39, 0.29) is 11.6 Å². The van der Waals surface area contributed by atoms with Gasteiger partial charge in [0.1, 0.15) is 11.8 Å². The van der Waals surface area contributed by atoms with Gasteiger partial charge in [0.15, 0.2) is 5.82 Å². The number of nitro benzene ring substituents is 1. The third-order valence-electron chi connectivity index (χ3n) is 6.13. The quantitative estimate of drug-likeness (QED) is 0.281. The molecule has 3 aromatic carbocycles. The second kappa shape index (κ2) is 9.57. The number of nitrogens with one attached hydrogen (secondary N) is 2. The third-order valence-corrected chi connectivity index (χ3v) is 6.13. The minimum atomic E-state index is -0.592. The zero-order valence-corrected chi connectivity index (χ0v) is 20.4. The number of anilines is 2. The molecule has 10 heteroatoms. The Morgan fingerprint density at radius 3 is 2.62 bits per heavy atom. The van der Waals surface area contributed by atoms with Crippen molar-refractivity contribution in [2.45, 2.75) is 19.9 Å². The molecule has 10 nitrogen and oxygen atoms in total. The van der Waals surface area contributed by atoms with Crippen molar-refractivity contribution in [1.82, 2.24) is 14.8 Å². The van der Waals surface area contributed by atoms with Crippen LogP contribution < -0.4 is 15.4 Å². The first-order valence-corrected chi connectivity index (χ1v) is 11.6. The van der Waals surface area contributed by atoms with Crippen LogP contribution in [0.4, 0.5) is 17.3 Å². The van der Waals surface area contributed by atoms with Gasteiger partial charge in [0.05, 0.1) is 23.3 Å². The highest BCUT2D eigenvalue weighted by atomic mass is 16.6. The van der Waals surface area contributed by atoms with Gasteiger partial charge in [0.2, 0.25) is 5.95 Å². The van der Waals surface area contributed by atoms with E-state index in [2.05, 4.69) is 15.6 Å². The molecular formula is C27H24N6O4. The highest BCUT2D eigenvalue weighted by Crippen LogP contribution is 2.38. The lowest BCUT2D eigenvalue weighted by atomic mass is 9.94. The average molecular weight is 497 g/mol. The van der Waals surface area contributed by atoms with Gasteiger partial charge in [-0.1, -0.05) is 54.1 Å². The first-order valence-electron chi connectivity index (χ1n) is 11.6. The molecule has 0 radical (unpaired) electrons. The summed E-state index contributed by atoms with van der Waals surface area (Å²) >= 11 is 0. The molecule has 1 atom stereocenters. The summed E-state index contributed by atoms with van der Waals surface area (Å²) in [6.45, 7) is 3.79. The number of aromatic nitrogens is 3. The van der Waals surface area contributed by atoms with Crippen molar-refractivity contribution >= 4 is 23.2 Å². The van der Waals surface area contributed by atoms with Crippen LogP contribution in [0.1, 0.15) is 24.1 Å². The summed E-state index contributed by atoms with van der Waals surface area (Å²) in [5.41, 5.74) is 3.93. The number of nitro groups is 1. The largest absolute Gasteiger partial charge is 0.495 e. The predicted octanol–water partition coefficient (Wildman–Crippen LogP) is 5.10. The summed E-state index contributed by atoms with van der Waals surface area (Å²) < 4.78 is 7.05. The average Bonchev–Trinajstić information content (AvgIpc) is 3.31. The highest BCUT2D eigenvalue weighted by Gasteiger charge is 2.35.